The van der Waals surface area contributed by atoms with Gasteiger partial charge in [-0.2, -0.15) is 0 Å². The van der Waals surface area contributed by atoms with E-state index in [1.807, 2.05) is 18.3 Å². The first-order valence-corrected chi connectivity index (χ1v) is 11.1. The average Bonchev–Trinajstić information content (AvgIpc) is 2.73. The van der Waals surface area contributed by atoms with Crippen LogP contribution >= 0.6 is 0 Å². The first-order valence-electron chi connectivity index (χ1n) is 11.1. The molecule has 0 spiro atoms. The molecule has 0 aromatic carbocycles. The molecule has 1 aromatic rings. The number of carbonyl (C=O) groups excluding carboxylic acids is 2. The van der Waals surface area contributed by atoms with Gasteiger partial charge in [0.25, 0.3) is 0 Å². The molecule has 29 heavy (non-hydrogen) atoms. The first kappa shape index (κ1) is 21.8. The van der Waals surface area contributed by atoms with E-state index < -0.39 is 0 Å². The van der Waals surface area contributed by atoms with Gasteiger partial charge in [0.15, 0.2) is 0 Å². The van der Waals surface area contributed by atoms with Crippen LogP contribution in [-0.4, -0.2) is 35.6 Å². The van der Waals surface area contributed by atoms with Crippen LogP contribution in [0.3, 0.4) is 0 Å². The molecule has 160 valence electrons. The highest BCUT2D eigenvalue weighted by molar-refractivity contribution is 5.87. The molecule has 1 heterocycles. The molecule has 2 N–H and O–H groups in total. The summed E-state index contributed by atoms with van der Waals surface area (Å²) in [6.07, 6.45) is 13.5. The number of anilines is 1. The SMILES string of the molecule is COC1CCCC(C(=O)NC2(CCc3ccc(NC(C)=O)nc3)CCCCC2)C1. The second-order valence-electron chi connectivity index (χ2n) is 8.78. The summed E-state index contributed by atoms with van der Waals surface area (Å²) in [6.45, 7) is 1.48. The molecule has 0 bridgehead atoms. The lowest BCUT2D eigenvalue weighted by Gasteiger charge is -2.40. The average molecular weight is 402 g/mol. The van der Waals surface area contributed by atoms with E-state index in [0.29, 0.717) is 5.82 Å². The third kappa shape index (κ3) is 6.26. The Hall–Kier alpha value is -1.95. The molecule has 2 unspecified atom stereocenters. The second kappa shape index (κ2) is 10.2. The second-order valence-corrected chi connectivity index (χ2v) is 8.78. The van der Waals surface area contributed by atoms with Crippen molar-refractivity contribution in [2.24, 2.45) is 5.92 Å². The summed E-state index contributed by atoms with van der Waals surface area (Å²) >= 11 is 0. The van der Waals surface area contributed by atoms with Crippen LogP contribution in [0.2, 0.25) is 0 Å². The predicted octanol–water partition coefficient (Wildman–Crippen LogP) is 4.00. The number of carbonyl (C=O) groups is 2. The number of amides is 2. The minimum Gasteiger partial charge on any atom is -0.381 e. The first-order chi connectivity index (χ1) is 14.0. The number of nitrogens with zero attached hydrogens (tertiary/aromatic N) is 1. The van der Waals surface area contributed by atoms with E-state index in [-0.39, 0.29) is 29.4 Å². The van der Waals surface area contributed by atoms with Gasteiger partial charge in [0.2, 0.25) is 11.8 Å². The number of pyridine rings is 1. The van der Waals surface area contributed by atoms with E-state index in [9.17, 15) is 9.59 Å². The highest BCUT2D eigenvalue weighted by atomic mass is 16.5. The highest BCUT2D eigenvalue weighted by Crippen LogP contribution is 2.34. The van der Waals surface area contributed by atoms with Gasteiger partial charge in [-0.05, 0) is 56.6 Å². The minimum absolute atomic E-state index is 0.0751. The zero-order valence-electron chi connectivity index (χ0n) is 17.8. The fourth-order valence-corrected chi connectivity index (χ4v) is 4.84. The summed E-state index contributed by atoms with van der Waals surface area (Å²) < 4.78 is 5.51. The quantitative estimate of drug-likeness (QED) is 0.724. The monoisotopic (exact) mass is 401 g/mol. The Bertz CT molecular complexity index is 683. The van der Waals surface area contributed by atoms with Gasteiger partial charge in [-0.25, -0.2) is 4.98 Å². The van der Waals surface area contributed by atoms with Crippen molar-refractivity contribution in [2.75, 3.05) is 12.4 Å². The van der Waals surface area contributed by atoms with Crippen LogP contribution in [0.15, 0.2) is 18.3 Å². The van der Waals surface area contributed by atoms with Crippen molar-refractivity contribution >= 4 is 17.6 Å². The standard InChI is InChI=1S/C23H35N3O3/c1-17(27)25-21-10-9-18(16-24-21)11-14-23(12-4-3-5-13-23)26-22(28)19-7-6-8-20(15-19)29-2/h9-10,16,19-20H,3-8,11-15H2,1-2H3,(H,26,28)(H,24,25,27). The summed E-state index contributed by atoms with van der Waals surface area (Å²) in [7, 11) is 1.75. The van der Waals surface area contributed by atoms with Crippen molar-refractivity contribution in [3.63, 3.8) is 0 Å². The topological polar surface area (TPSA) is 80.3 Å². The maximum atomic E-state index is 13.1. The number of hydrogen-bond acceptors (Lipinski definition) is 4. The van der Waals surface area contributed by atoms with Gasteiger partial charge >= 0.3 is 0 Å². The molecule has 0 saturated heterocycles. The van der Waals surface area contributed by atoms with Gasteiger partial charge < -0.3 is 15.4 Å². The fraction of sp³-hybridized carbons (Fsp3) is 0.696. The Labute approximate surface area is 174 Å². The summed E-state index contributed by atoms with van der Waals surface area (Å²) in [5, 5.41) is 6.18. The molecule has 3 rings (SSSR count). The summed E-state index contributed by atoms with van der Waals surface area (Å²) in [5.74, 6) is 0.748. The maximum Gasteiger partial charge on any atom is 0.223 e. The van der Waals surface area contributed by atoms with Gasteiger partial charge in [-0.1, -0.05) is 31.7 Å². The van der Waals surface area contributed by atoms with Crippen molar-refractivity contribution < 1.29 is 14.3 Å². The predicted molar refractivity (Wildman–Crippen MR) is 114 cm³/mol. The third-order valence-electron chi connectivity index (χ3n) is 6.55. The summed E-state index contributed by atoms with van der Waals surface area (Å²) in [4.78, 5) is 28.5. The van der Waals surface area contributed by atoms with Crippen LogP contribution in [0.1, 0.15) is 76.7 Å². The molecule has 0 aliphatic heterocycles. The Kier molecular flexibility index (Phi) is 7.64. The van der Waals surface area contributed by atoms with E-state index in [1.165, 1.54) is 26.2 Å². The van der Waals surface area contributed by atoms with Crippen molar-refractivity contribution in [1.82, 2.24) is 10.3 Å². The Morgan fingerprint density at radius 3 is 2.62 bits per heavy atom. The highest BCUT2D eigenvalue weighted by Gasteiger charge is 2.36. The molecule has 2 aliphatic carbocycles. The minimum atomic E-state index is -0.118. The summed E-state index contributed by atoms with van der Waals surface area (Å²) in [6, 6.07) is 3.86. The van der Waals surface area contributed by atoms with Crippen molar-refractivity contribution in [3.8, 4) is 0 Å². The van der Waals surface area contributed by atoms with Crippen LogP contribution in [0, 0.1) is 5.92 Å². The molecular weight excluding hydrogens is 366 g/mol. The van der Waals surface area contributed by atoms with Crippen molar-refractivity contribution in [2.45, 2.75) is 89.2 Å². The lowest BCUT2D eigenvalue weighted by atomic mass is 9.77. The van der Waals surface area contributed by atoms with Gasteiger partial charge in [0.1, 0.15) is 5.82 Å². The van der Waals surface area contributed by atoms with Crippen LogP contribution in [0.5, 0.6) is 0 Å². The summed E-state index contributed by atoms with van der Waals surface area (Å²) in [5.41, 5.74) is 1.03. The Morgan fingerprint density at radius 1 is 1.17 bits per heavy atom. The lowest BCUT2D eigenvalue weighted by Crippen LogP contribution is -2.52. The van der Waals surface area contributed by atoms with Crippen LogP contribution < -0.4 is 10.6 Å². The molecule has 2 saturated carbocycles. The molecule has 2 atom stereocenters. The smallest absolute Gasteiger partial charge is 0.223 e. The Balaban J connectivity index is 1.61. The number of rotatable bonds is 7. The Morgan fingerprint density at radius 2 is 1.97 bits per heavy atom. The van der Waals surface area contributed by atoms with Crippen molar-refractivity contribution in [1.29, 1.82) is 0 Å². The van der Waals surface area contributed by atoms with E-state index in [1.54, 1.807) is 7.11 Å². The van der Waals surface area contributed by atoms with Crippen molar-refractivity contribution in [3.05, 3.63) is 23.9 Å². The van der Waals surface area contributed by atoms with Gasteiger partial charge in [0.05, 0.1) is 6.10 Å². The normalized spacial score (nSPS) is 23.9. The zero-order chi connectivity index (χ0) is 20.7. The number of methoxy groups -OCH3 is 1. The number of aromatic nitrogens is 1. The van der Waals surface area contributed by atoms with Gasteiger partial charge in [-0.3, -0.25) is 9.59 Å². The van der Waals surface area contributed by atoms with Gasteiger partial charge in [-0.15, -0.1) is 0 Å². The lowest BCUT2D eigenvalue weighted by molar-refractivity contribution is -0.130. The molecule has 6 nitrogen and oxygen atoms in total. The molecule has 2 amide bonds. The fourth-order valence-electron chi connectivity index (χ4n) is 4.84. The van der Waals surface area contributed by atoms with E-state index in [0.717, 1.165) is 56.9 Å². The largest absolute Gasteiger partial charge is 0.381 e. The molecule has 2 fully saturated rings. The number of nitrogens with one attached hydrogen (secondary N) is 2. The number of hydrogen-bond donors (Lipinski definition) is 2. The van der Waals surface area contributed by atoms with E-state index >= 15 is 0 Å². The number of ether oxygens (including phenoxy) is 1. The molecule has 2 aliphatic rings. The molecular formula is C23H35N3O3. The molecule has 6 heteroatoms. The van der Waals surface area contributed by atoms with Crippen LogP contribution in [0.25, 0.3) is 0 Å². The third-order valence-corrected chi connectivity index (χ3v) is 6.55. The van der Waals surface area contributed by atoms with E-state index in [2.05, 4.69) is 15.6 Å². The van der Waals surface area contributed by atoms with Crippen LogP contribution in [0.4, 0.5) is 5.82 Å². The van der Waals surface area contributed by atoms with Gasteiger partial charge in [0, 0.05) is 31.7 Å². The zero-order valence-corrected chi connectivity index (χ0v) is 17.8. The molecule has 1 aromatic heterocycles. The van der Waals surface area contributed by atoms with Crippen LogP contribution in [-0.2, 0) is 20.7 Å². The molecule has 0 radical (unpaired) electrons. The maximum absolute atomic E-state index is 13.1. The van der Waals surface area contributed by atoms with E-state index in [4.69, 9.17) is 4.74 Å². The number of aryl methyl sites for hydroxylation is 1.